The first-order valence-corrected chi connectivity index (χ1v) is 9.38. The van der Waals surface area contributed by atoms with Gasteiger partial charge in [-0.2, -0.15) is 5.10 Å². The summed E-state index contributed by atoms with van der Waals surface area (Å²) >= 11 is 23.4. The van der Waals surface area contributed by atoms with Gasteiger partial charge in [-0.1, -0.05) is 40.9 Å². The third-order valence-electron chi connectivity index (χ3n) is 3.77. The van der Waals surface area contributed by atoms with Gasteiger partial charge in [0.15, 0.2) is 10.9 Å². The van der Waals surface area contributed by atoms with Gasteiger partial charge in [0, 0.05) is 27.4 Å². The minimum atomic E-state index is -0.374. The molecule has 1 aromatic heterocycles. The quantitative estimate of drug-likeness (QED) is 0.475. The highest BCUT2D eigenvalue weighted by Crippen LogP contribution is 2.26. The van der Waals surface area contributed by atoms with Gasteiger partial charge in [-0.15, -0.1) is 0 Å². The molecule has 0 radical (unpaired) electrons. The van der Waals surface area contributed by atoms with Gasteiger partial charge in [-0.3, -0.25) is 4.68 Å². The number of thiocarbonyl (C=S) groups is 1. The first-order chi connectivity index (χ1) is 12.8. The standard InChI is InChI=1S/C18H14Cl3FN4S/c1-10-7-17(24-18(27)23-16-6-5-11(19)8-14(16)21)25-26(10)9-12-13(20)3-2-4-15(12)22/h2-8H,9H2,1H3,(H2,23,24,25,27). The molecule has 1 heterocycles. The summed E-state index contributed by atoms with van der Waals surface area (Å²) < 4.78 is 15.6. The number of nitrogens with one attached hydrogen (secondary N) is 2. The highest BCUT2D eigenvalue weighted by Gasteiger charge is 2.12. The molecule has 27 heavy (non-hydrogen) atoms. The van der Waals surface area contributed by atoms with E-state index < -0.39 is 0 Å². The van der Waals surface area contributed by atoms with Gasteiger partial charge >= 0.3 is 0 Å². The zero-order chi connectivity index (χ0) is 19.6. The molecule has 3 aromatic rings. The summed E-state index contributed by atoms with van der Waals surface area (Å²) in [5.74, 6) is 0.143. The lowest BCUT2D eigenvalue weighted by Crippen LogP contribution is -2.19. The fourth-order valence-corrected chi connectivity index (χ4v) is 3.32. The van der Waals surface area contributed by atoms with E-state index in [1.807, 2.05) is 6.92 Å². The largest absolute Gasteiger partial charge is 0.331 e. The predicted molar refractivity (Wildman–Crippen MR) is 114 cm³/mol. The summed E-state index contributed by atoms with van der Waals surface area (Å²) in [5, 5.41) is 12.0. The van der Waals surface area contributed by atoms with Gasteiger partial charge < -0.3 is 10.6 Å². The Labute approximate surface area is 176 Å². The van der Waals surface area contributed by atoms with E-state index in [4.69, 9.17) is 47.0 Å². The van der Waals surface area contributed by atoms with E-state index in [0.29, 0.717) is 37.2 Å². The van der Waals surface area contributed by atoms with Crippen molar-refractivity contribution < 1.29 is 4.39 Å². The van der Waals surface area contributed by atoms with E-state index in [1.165, 1.54) is 6.07 Å². The first-order valence-electron chi connectivity index (χ1n) is 7.84. The smallest absolute Gasteiger partial charge is 0.176 e. The van der Waals surface area contributed by atoms with Crippen molar-refractivity contribution in [2.45, 2.75) is 13.5 Å². The van der Waals surface area contributed by atoms with Crippen LogP contribution in [0.4, 0.5) is 15.9 Å². The Kier molecular flexibility index (Phi) is 6.22. The number of anilines is 2. The monoisotopic (exact) mass is 442 g/mol. The van der Waals surface area contributed by atoms with Gasteiger partial charge in [0.1, 0.15) is 5.82 Å². The van der Waals surface area contributed by atoms with Crippen LogP contribution in [0.2, 0.25) is 15.1 Å². The van der Waals surface area contributed by atoms with Crippen LogP contribution in [0.3, 0.4) is 0 Å². The van der Waals surface area contributed by atoms with Crippen LogP contribution >= 0.6 is 47.0 Å². The van der Waals surface area contributed by atoms with Crippen LogP contribution in [0.5, 0.6) is 0 Å². The maximum atomic E-state index is 14.0. The lowest BCUT2D eigenvalue weighted by atomic mass is 10.2. The fraction of sp³-hybridized carbons (Fsp3) is 0.111. The lowest BCUT2D eigenvalue weighted by Gasteiger charge is -2.10. The normalized spacial score (nSPS) is 10.7. The van der Waals surface area contributed by atoms with E-state index in [0.717, 1.165) is 5.69 Å². The molecule has 2 N–H and O–H groups in total. The number of benzene rings is 2. The fourth-order valence-electron chi connectivity index (χ4n) is 2.43. The number of hydrogen-bond donors (Lipinski definition) is 2. The highest BCUT2D eigenvalue weighted by atomic mass is 35.5. The Morgan fingerprint density at radius 2 is 1.89 bits per heavy atom. The SMILES string of the molecule is Cc1cc(NC(=S)Nc2ccc(Cl)cc2Cl)nn1Cc1c(F)cccc1Cl. The van der Waals surface area contributed by atoms with Crippen LogP contribution in [0.1, 0.15) is 11.3 Å². The summed E-state index contributed by atoms with van der Waals surface area (Å²) in [5.41, 5.74) is 1.82. The van der Waals surface area contributed by atoms with Crippen molar-refractivity contribution in [2.75, 3.05) is 10.6 Å². The lowest BCUT2D eigenvalue weighted by molar-refractivity contribution is 0.581. The molecule has 0 saturated heterocycles. The molecule has 0 fully saturated rings. The van der Waals surface area contributed by atoms with E-state index in [9.17, 15) is 4.39 Å². The molecule has 0 bridgehead atoms. The number of rotatable bonds is 4. The van der Waals surface area contributed by atoms with Crippen molar-refractivity contribution in [3.63, 3.8) is 0 Å². The minimum absolute atomic E-state index is 0.211. The van der Waals surface area contributed by atoms with Gasteiger partial charge in [-0.25, -0.2) is 4.39 Å². The van der Waals surface area contributed by atoms with Crippen molar-refractivity contribution in [1.29, 1.82) is 0 Å². The van der Waals surface area contributed by atoms with Crippen molar-refractivity contribution in [2.24, 2.45) is 0 Å². The van der Waals surface area contributed by atoms with E-state index in [1.54, 1.807) is 41.1 Å². The van der Waals surface area contributed by atoms with Crippen molar-refractivity contribution in [3.8, 4) is 0 Å². The third kappa shape index (κ3) is 4.90. The van der Waals surface area contributed by atoms with Crippen LogP contribution in [0.25, 0.3) is 0 Å². The Hall–Kier alpha value is -1.86. The Morgan fingerprint density at radius 3 is 2.59 bits per heavy atom. The van der Waals surface area contributed by atoms with Gasteiger partial charge in [-0.05, 0) is 49.5 Å². The minimum Gasteiger partial charge on any atom is -0.331 e. The van der Waals surface area contributed by atoms with Gasteiger partial charge in [0.05, 0.1) is 17.3 Å². The van der Waals surface area contributed by atoms with Gasteiger partial charge in [0.25, 0.3) is 0 Å². The summed E-state index contributed by atoms with van der Waals surface area (Å²) in [6, 6.07) is 11.4. The summed E-state index contributed by atoms with van der Waals surface area (Å²) in [7, 11) is 0. The van der Waals surface area contributed by atoms with Crippen LogP contribution in [0, 0.1) is 12.7 Å². The maximum Gasteiger partial charge on any atom is 0.176 e. The molecule has 0 unspecified atom stereocenters. The number of halogens is 4. The van der Waals surface area contributed by atoms with E-state index in [-0.39, 0.29) is 12.4 Å². The Morgan fingerprint density at radius 1 is 1.11 bits per heavy atom. The molecule has 0 saturated carbocycles. The summed E-state index contributed by atoms with van der Waals surface area (Å²) in [6.45, 7) is 2.07. The topological polar surface area (TPSA) is 41.9 Å². The average molecular weight is 444 g/mol. The van der Waals surface area contributed by atoms with Crippen LogP contribution in [-0.2, 0) is 6.54 Å². The van der Waals surface area contributed by atoms with Crippen molar-refractivity contribution >= 4 is 63.6 Å². The summed E-state index contributed by atoms with van der Waals surface area (Å²) in [4.78, 5) is 0. The second-order valence-corrected chi connectivity index (χ2v) is 7.39. The number of hydrogen-bond acceptors (Lipinski definition) is 2. The molecule has 3 rings (SSSR count). The number of aryl methyl sites for hydroxylation is 1. The van der Waals surface area contributed by atoms with Crippen LogP contribution < -0.4 is 10.6 Å². The van der Waals surface area contributed by atoms with E-state index >= 15 is 0 Å². The molecule has 140 valence electrons. The second kappa shape index (κ2) is 8.44. The number of nitrogens with zero attached hydrogens (tertiary/aromatic N) is 2. The molecule has 0 spiro atoms. The maximum absolute atomic E-state index is 14.0. The molecule has 0 atom stereocenters. The van der Waals surface area contributed by atoms with Crippen LogP contribution in [-0.4, -0.2) is 14.9 Å². The highest BCUT2D eigenvalue weighted by molar-refractivity contribution is 7.80. The molecular formula is C18H14Cl3FN4S. The zero-order valence-electron chi connectivity index (χ0n) is 14.1. The Bertz CT molecular complexity index is 986. The van der Waals surface area contributed by atoms with Crippen LogP contribution in [0.15, 0.2) is 42.5 Å². The Balaban J connectivity index is 1.71. The van der Waals surface area contributed by atoms with Gasteiger partial charge in [0.2, 0.25) is 0 Å². The number of aromatic nitrogens is 2. The predicted octanol–water partition coefficient (Wildman–Crippen LogP) is 6.15. The molecule has 0 aliphatic carbocycles. The van der Waals surface area contributed by atoms with E-state index in [2.05, 4.69) is 15.7 Å². The zero-order valence-corrected chi connectivity index (χ0v) is 17.1. The molecule has 4 nitrogen and oxygen atoms in total. The second-order valence-electron chi connectivity index (χ2n) is 5.73. The first kappa shape index (κ1) is 19.9. The molecule has 0 amide bonds. The molecule has 0 aliphatic heterocycles. The van der Waals surface area contributed by atoms with Crippen molar-refractivity contribution in [1.82, 2.24) is 9.78 Å². The summed E-state index contributed by atoms with van der Waals surface area (Å²) in [6.07, 6.45) is 0. The third-order valence-corrected chi connectivity index (χ3v) is 4.88. The molecule has 0 aliphatic rings. The molecule has 9 heteroatoms. The average Bonchev–Trinajstić information content (AvgIpc) is 2.93. The van der Waals surface area contributed by atoms with Crippen molar-refractivity contribution in [3.05, 3.63) is 74.6 Å². The molecule has 2 aromatic carbocycles. The molecular weight excluding hydrogens is 430 g/mol.